The van der Waals surface area contributed by atoms with E-state index in [0.717, 1.165) is 12.8 Å². The van der Waals surface area contributed by atoms with Gasteiger partial charge in [-0.1, -0.05) is 32.1 Å². The number of nitrogens with two attached hydrogens (primary N) is 2. The van der Waals surface area contributed by atoms with Crippen molar-refractivity contribution in [3.05, 3.63) is 0 Å². The van der Waals surface area contributed by atoms with Gasteiger partial charge in [0.1, 0.15) is 0 Å². The maximum absolute atomic E-state index is 10.9. The summed E-state index contributed by atoms with van der Waals surface area (Å²) in [4.78, 5) is 21.8. The molecule has 1 rings (SSSR count). The molecule has 1 saturated carbocycles. The summed E-state index contributed by atoms with van der Waals surface area (Å²) in [7, 11) is 0. The first-order chi connectivity index (χ1) is 7.09. The first-order valence-electron chi connectivity index (χ1n) is 5.66. The first-order valence-corrected chi connectivity index (χ1v) is 5.66. The number of primary amides is 2. The number of amides is 2. The Morgan fingerprint density at radius 1 is 1.00 bits per heavy atom. The van der Waals surface area contributed by atoms with E-state index in [1.807, 2.05) is 0 Å². The predicted octanol–water partition coefficient (Wildman–Crippen LogP) is 0.934. The second-order valence-electron chi connectivity index (χ2n) is 4.50. The van der Waals surface area contributed by atoms with Crippen LogP contribution in [0.4, 0.5) is 0 Å². The summed E-state index contributed by atoms with van der Waals surface area (Å²) in [6.45, 7) is 0. The van der Waals surface area contributed by atoms with Gasteiger partial charge in [-0.05, 0) is 11.8 Å². The lowest BCUT2D eigenvalue weighted by molar-refractivity contribution is -0.121. The molecule has 0 bridgehead atoms. The topological polar surface area (TPSA) is 86.2 Å². The van der Waals surface area contributed by atoms with Crippen LogP contribution in [-0.4, -0.2) is 11.8 Å². The second kappa shape index (κ2) is 5.73. The zero-order valence-corrected chi connectivity index (χ0v) is 9.08. The number of hydrogen-bond acceptors (Lipinski definition) is 2. The Labute approximate surface area is 90.4 Å². The van der Waals surface area contributed by atoms with Gasteiger partial charge in [0.2, 0.25) is 11.8 Å². The molecule has 0 saturated heterocycles. The van der Waals surface area contributed by atoms with Crippen molar-refractivity contribution >= 4 is 11.8 Å². The van der Waals surface area contributed by atoms with Gasteiger partial charge < -0.3 is 11.5 Å². The molecule has 0 radical (unpaired) electrons. The molecular weight excluding hydrogens is 192 g/mol. The molecule has 0 atom stereocenters. The predicted molar refractivity (Wildman–Crippen MR) is 57.7 cm³/mol. The number of hydrogen-bond donors (Lipinski definition) is 2. The van der Waals surface area contributed by atoms with E-state index in [9.17, 15) is 9.59 Å². The lowest BCUT2D eigenvalue weighted by Gasteiger charge is -2.28. The third-order valence-electron chi connectivity index (χ3n) is 3.24. The molecule has 2 amide bonds. The maximum Gasteiger partial charge on any atom is 0.217 e. The van der Waals surface area contributed by atoms with Crippen LogP contribution in [0, 0.1) is 11.8 Å². The average Bonchev–Trinajstić information content (AvgIpc) is 2.17. The molecule has 0 aliphatic heterocycles. The lowest BCUT2D eigenvalue weighted by atomic mass is 9.77. The molecule has 4 heteroatoms. The minimum absolute atomic E-state index is 0.0697. The molecule has 4 N–H and O–H groups in total. The Morgan fingerprint density at radius 2 is 1.47 bits per heavy atom. The molecule has 0 aromatic heterocycles. The van der Waals surface area contributed by atoms with E-state index in [0.29, 0.717) is 18.8 Å². The van der Waals surface area contributed by atoms with E-state index in [1.54, 1.807) is 0 Å². The van der Waals surface area contributed by atoms with Gasteiger partial charge in [-0.25, -0.2) is 0 Å². The molecule has 1 aliphatic carbocycles. The van der Waals surface area contributed by atoms with Crippen molar-refractivity contribution in [1.29, 1.82) is 0 Å². The summed E-state index contributed by atoms with van der Waals surface area (Å²) in [5, 5.41) is 0. The van der Waals surface area contributed by atoms with Crippen LogP contribution < -0.4 is 11.5 Å². The Kier molecular flexibility index (Phi) is 4.59. The third kappa shape index (κ3) is 4.32. The van der Waals surface area contributed by atoms with Crippen LogP contribution in [0.25, 0.3) is 0 Å². The minimum atomic E-state index is -0.327. The van der Waals surface area contributed by atoms with Crippen molar-refractivity contribution in [2.45, 2.75) is 44.9 Å². The molecule has 0 heterocycles. The monoisotopic (exact) mass is 212 g/mol. The Morgan fingerprint density at radius 3 is 1.87 bits per heavy atom. The zero-order chi connectivity index (χ0) is 11.3. The number of carbonyl (C=O) groups is 2. The van der Waals surface area contributed by atoms with Gasteiger partial charge >= 0.3 is 0 Å². The molecule has 0 spiro atoms. The van der Waals surface area contributed by atoms with Crippen LogP contribution >= 0.6 is 0 Å². The highest BCUT2D eigenvalue weighted by atomic mass is 16.1. The third-order valence-corrected chi connectivity index (χ3v) is 3.24. The van der Waals surface area contributed by atoms with Gasteiger partial charge in [-0.3, -0.25) is 9.59 Å². The maximum atomic E-state index is 10.9. The summed E-state index contributed by atoms with van der Waals surface area (Å²) in [6, 6.07) is 0. The van der Waals surface area contributed by atoms with Crippen molar-refractivity contribution in [1.82, 2.24) is 0 Å². The molecule has 0 aromatic carbocycles. The summed E-state index contributed by atoms with van der Waals surface area (Å²) < 4.78 is 0. The van der Waals surface area contributed by atoms with Crippen molar-refractivity contribution in [3.63, 3.8) is 0 Å². The highest BCUT2D eigenvalue weighted by molar-refractivity contribution is 5.77. The zero-order valence-electron chi connectivity index (χ0n) is 9.08. The minimum Gasteiger partial charge on any atom is -0.370 e. The molecule has 0 aromatic rings. The van der Waals surface area contributed by atoms with E-state index >= 15 is 0 Å². The number of carbonyl (C=O) groups excluding carboxylic acids is 2. The van der Waals surface area contributed by atoms with Gasteiger partial charge in [-0.2, -0.15) is 0 Å². The molecule has 15 heavy (non-hydrogen) atoms. The van der Waals surface area contributed by atoms with Gasteiger partial charge in [0.15, 0.2) is 0 Å². The van der Waals surface area contributed by atoms with E-state index in [4.69, 9.17) is 11.5 Å². The Hall–Kier alpha value is -1.06. The van der Waals surface area contributed by atoms with Crippen LogP contribution in [0.1, 0.15) is 44.9 Å². The first kappa shape index (κ1) is 12.0. The highest BCUT2D eigenvalue weighted by Crippen LogP contribution is 2.33. The summed E-state index contributed by atoms with van der Waals surface area (Å²) in [6.07, 6.45) is 6.45. The fourth-order valence-corrected chi connectivity index (χ4v) is 2.53. The average molecular weight is 212 g/mol. The number of rotatable bonds is 5. The Bertz CT molecular complexity index is 219. The molecular formula is C11H20N2O2. The van der Waals surface area contributed by atoms with Crippen LogP contribution in [0.15, 0.2) is 0 Å². The molecule has 0 unspecified atom stereocenters. The van der Waals surface area contributed by atoms with Gasteiger partial charge in [0.05, 0.1) is 0 Å². The molecule has 86 valence electrons. The summed E-state index contributed by atoms with van der Waals surface area (Å²) in [5.41, 5.74) is 10.4. The van der Waals surface area contributed by atoms with Crippen molar-refractivity contribution < 1.29 is 9.59 Å². The largest absolute Gasteiger partial charge is 0.370 e. The molecule has 1 aliphatic rings. The normalized spacial score (nSPS) is 17.9. The fourth-order valence-electron chi connectivity index (χ4n) is 2.53. The molecule has 1 fully saturated rings. The fraction of sp³-hybridized carbons (Fsp3) is 0.818. The Balaban J connectivity index is 2.52. The molecule has 4 nitrogen and oxygen atoms in total. The second-order valence-corrected chi connectivity index (χ2v) is 4.50. The summed E-state index contributed by atoms with van der Waals surface area (Å²) in [5.74, 6) is -0.127. The van der Waals surface area contributed by atoms with Crippen LogP contribution in [0.5, 0.6) is 0 Å². The van der Waals surface area contributed by atoms with Crippen molar-refractivity contribution in [2.24, 2.45) is 23.3 Å². The smallest absolute Gasteiger partial charge is 0.217 e. The standard InChI is InChI=1S/C11H20N2O2/c12-10(14)6-9(7-11(13)15)8-4-2-1-3-5-8/h8-9H,1-7H2,(H2,12,14)(H2,13,15). The van der Waals surface area contributed by atoms with Crippen LogP contribution in [0.3, 0.4) is 0 Å². The van der Waals surface area contributed by atoms with E-state index in [2.05, 4.69) is 0 Å². The SMILES string of the molecule is NC(=O)CC(CC(N)=O)C1CCCCC1. The van der Waals surface area contributed by atoms with Crippen molar-refractivity contribution in [2.75, 3.05) is 0 Å². The quantitative estimate of drug-likeness (QED) is 0.710. The van der Waals surface area contributed by atoms with E-state index in [1.165, 1.54) is 19.3 Å². The van der Waals surface area contributed by atoms with Gasteiger partial charge in [0, 0.05) is 12.8 Å². The van der Waals surface area contributed by atoms with Crippen molar-refractivity contribution in [3.8, 4) is 0 Å². The van der Waals surface area contributed by atoms with Gasteiger partial charge in [-0.15, -0.1) is 0 Å². The van der Waals surface area contributed by atoms with E-state index < -0.39 is 0 Å². The summed E-state index contributed by atoms with van der Waals surface area (Å²) >= 11 is 0. The lowest BCUT2D eigenvalue weighted by Crippen LogP contribution is -2.28. The van der Waals surface area contributed by atoms with Gasteiger partial charge in [0.25, 0.3) is 0 Å². The van der Waals surface area contributed by atoms with Crippen LogP contribution in [-0.2, 0) is 9.59 Å². The van der Waals surface area contributed by atoms with E-state index in [-0.39, 0.29) is 17.7 Å². The van der Waals surface area contributed by atoms with Crippen LogP contribution in [0.2, 0.25) is 0 Å². The highest BCUT2D eigenvalue weighted by Gasteiger charge is 2.26.